The van der Waals surface area contributed by atoms with E-state index in [-0.39, 0.29) is 17.7 Å². The highest BCUT2D eigenvalue weighted by Gasteiger charge is 2.16. The second-order valence-corrected chi connectivity index (χ2v) is 4.03. The molecule has 5 nitrogen and oxygen atoms in total. The van der Waals surface area contributed by atoms with E-state index in [4.69, 9.17) is 9.84 Å². The number of ether oxygens (including phenoxy) is 1. The van der Waals surface area contributed by atoms with Crippen LogP contribution < -0.4 is 10.6 Å². The minimum atomic E-state index is -0.0568. The number of phenolic OH excluding ortho intramolecular Hbond substituents is 1. The van der Waals surface area contributed by atoms with Crippen molar-refractivity contribution in [3.63, 3.8) is 0 Å². The number of benzene rings is 1. The van der Waals surface area contributed by atoms with Crippen LogP contribution in [0, 0.1) is 0 Å². The minimum Gasteiger partial charge on any atom is -0.508 e. The van der Waals surface area contributed by atoms with Crippen LogP contribution in [-0.4, -0.2) is 36.8 Å². The van der Waals surface area contributed by atoms with Gasteiger partial charge >= 0.3 is 0 Å². The van der Waals surface area contributed by atoms with Gasteiger partial charge in [-0.25, -0.2) is 0 Å². The van der Waals surface area contributed by atoms with E-state index in [1.54, 1.807) is 12.1 Å². The summed E-state index contributed by atoms with van der Waals surface area (Å²) in [4.78, 5) is 11.7. The number of aromatic hydroxyl groups is 1. The molecule has 1 aliphatic rings. The zero-order chi connectivity index (χ0) is 12.1. The number of rotatable bonds is 3. The Morgan fingerprint density at radius 2 is 2.24 bits per heavy atom. The summed E-state index contributed by atoms with van der Waals surface area (Å²) >= 11 is 0. The fourth-order valence-corrected chi connectivity index (χ4v) is 1.73. The first-order valence-corrected chi connectivity index (χ1v) is 5.64. The summed E-state index contributed by atoms with van der Waals surface area (Å²) in [5, 5.41) is 15.1. The van der Waals surface area contributed by atoms with E-state index < -0.39 is 0 Å². The highest BCUT2D eigenvalue weighted by Crippen LogP contribution is 2.14. The van der Waals surface area contributed by atoms with Gasteiger partial charge in [-0.05, 0) is 24.3 Å². The molecule has 0 saturated carbocycles. The molecule has 17 heavy (non-hydrogen) atoms. The van der Waals surface area contributed by atoms with Gasteiger partial charge in [0.2, 0.25) is 5.91 Å². The summed E-state index contributed by atoms with van der Waals surface area (Å²) in [6.07, 6.45) is 0.390. The first-order valence-electron chi connectivity index (χ1n) is 5.64. The lowest BCUT2D eigenvalue weighted by molar-refractivity contribution is -0.117. The lowest BCUT2D eigenvalue weighted by Crippen LogP contribution is -2.43. The smallest absolute Gasteiger partial charge is 0.226 e. The summed E-state index contributed by atoms with van der Waals surface area (Å²) < 4.78 is 5.27. The number of anilines is 1. The molecule has 0 aromatic heterocycles. The van der Waals surface area contributed by atoms with Crippen LogP contribution >= 0.6 is 0 Å². The molecule has 1 atom stereocenters. The van der Waals surface area contributed by atoms with Gasteiger partial charge in [-0.3, -0.25) is 4.79 Å². The van der Waals surface area contributed by atoms with E-state index in [1.807, 2.05) is 0 Å². The third-order valence-electron chi connectivity index (χ3n) is 2.58. The molecule has 1 fully saturated rings. The largest absolute Gasteiger partial charge is 0.508 e. The summed E-state index contributed by atoms with van der Waals surface area (Å²) in [5.41, 5.74) is 0.685. The maximum Gasteiger partial charge on any atom is 0.226 e. The number of carbonyl (C=O) groups excluding carboxylic acids is 1. The summed E-state index contributed by atoms with van der Waals surface area (Å²) in [6, 6.07) is 6.49. The van der Waals surface area contributed by atoms with Crippen molar-refractivity contribution in [2.24, 2.45) is 0 Å². The molecule has 1 saturated heterocycles. The molecule has 1 amide bonds. The standard InChI is InChI=1S/C12H16N2O3/c15-11-3-1-9(2-4-11)14-12(16)7-10-8-17-6-5-13-10/h1-4,10,13,15H,5-8H2,(H,14,16). The average Bonchev–Trinajstić information content (AvgIpc) is 2.33. The number of amides is 1. The van der Waals surface area contributed by atoms with Gasteiger partial charge in [0.05, 0.1) is 13.2 Å². The number of morpholine rings is 1. The molecule has 0 bridgehead atoms. The molecule has 0 radical (unpaired) electrons. The summed E-state index contributed by atoms with van der Waals surface area (Å²) in [5.74, 6) is 0.129. The third kappa shape index (κ3) is 3.72. The predicted molar refractivity (Wildman–Crippen MR) is 64.0 cm³/mol. The van der Waals surface area contributed by atoms with Crippen molar-refractivity contribution in [3.8, 4) is 5.75 Å². The minimum absolute atomic E-state index is 0.0568. The first-order chi connectivity index (χ1) is 8.24. The molecule has 2 rings (SSSR count). The molecule has 5 heteroatoms. The number of carbonyl (C=O) groups is 1. The molecule has 0 spiro atoms. The lowest BCUT2D eigenvalue weighted by Gasteiger charge is -2.23. The van der Waals surface area contributed by atoms with Gasteiger partial charge < -0.3 is 20.5 Å². The van der Waals surface area contributed by atoms with Gasteiger partial charge in [-0.2, -0.15) is 0 Å². The maximum atomic E-state index is 11.7. The van der Waals surface area contributed by atoms with E-state index in [0.717, 1.165) is 6.54 Å². The van der Waals surface area contributed by atoms with Crippen LogP contribution in [0.4, 0.5) is 5.69 Å². The van der Waals surface area contributed by atoms with Gasteiger partial charge in [0.1, 0.15) is 5.75 Å². The van der Waals surface area contributed by atoms with E-state index in [0.29, 0.717) is 25.3 Å². The second kappa shape index (κ2) is 5.65. The van der Waals surface area contributed by atoms with Crippen LogP contribution in [0.1, 0.15) is 6.42 Å². The van der Waals surface area contributed by atoms with Crippen molar-refractivity contribution >= 4 is 11.6 Å². The van der Waals surface area contributed by atoms with Gasteiger partial charge in [0, 0.05) is 24.7 Å². The Balaban J connectivity index is 1.82. The SMILES string of the molecule is O=C(CC1COCCN1)Nc1ccc(O)cc1. The zero-order valence-corrected chi connectivity index (χ0v) is 9.48. The number of hydrogen-bond donors (Lipinski definition) is 3. The first kappa shape index (κ1) is 11.9. The molecule has 1 aromatic carbocycles. The highest BCUT2D eigenvalue weighted by molar-refractivity contribution is 5.91. The number of nitrogens with one attached hydrogen (secondary N) is 2. The van der Waals surface area contributed by atoms with Crippen molar-refractivity contribution in [1.29, 1.82) is 0 Å². The van der Waals surface area contributed by atoms with E-state index >= 15 is 0 Å². The molecule has 0 aliphatic carbocycles. The summed E-state index contributed by atoms with van der Waals surface area (Å²) in [6.45, 7) is 2.07. The predicted octanol–water partition coefficient (Wildman–Crippen LogP) is 0.709. The number of hydrogen-bond acceptors (Lipinski definition) is 4. The average molecular weight is 236 g/mol. The maximum absolute atomic E-state index is 11.7. The molecule has 92 valence electrons. The van der Waals surface area contributed by atoms with Crippen molar-refractivity contribution in [2.75, 3.05) is 25.1 Å². The Morgan fingerprint density at radius 1 is 1.47 bits per heavy atom. The van der Waals surface area contributed by atoms with Crippen LogP contribution in [-0.2, 0) is 9.53 Å². The molecular formula is C12H16N2O3. The Kier molecular flexibility index (Phi) is 3.95. The van der Waals surface area contributed by atoms with Gasteiger partial charge in [0.15, 0.2) is 0 Å². The van der Waals surface area contributed by atoms with E-state index in [9.17, 15) is 4.79 Å². The highest BCUT2D eigenvalue weighted by atomic mass is 16.5. The van der Waals surface area contributed by atoms with E-state index in [2.05, 4.69) is 10.6 Å². The van der Waals surface area contributed by atoms with Crippen molar-refractivity contribution in [1.82, 2.24) is 5.32 Å². The van der Waals surface area contributed by atoms with Crippen LogP contribution in [0.2, 0.25) is 0 Å². The molecule has 1 heterocycles. The Labute approximate surface area is 99.8 Å². The Bertz CT molecular complexity index is 372. The lowest BCUT2D eigenvalue weighted by atomic mass is 10.2. The molecule has 1 aromatic rings. The third-order valence-corrected chi connectivity index (χ3v) is 2.58. The summed E-state index contributed by atoms with van der Waals surface area (Å²) in [7, 11) is 0. The topological polar surface area (TPSA) is 70.6 Å². The zero-order valence-electron chi connectivity index (χ0n) is 9.48. The Morgan fingerprint density at radius 3 is 2.88 bits per heavy atom. The Hall–Kier alpha value is -1.59. The van der Waals surface area contributed by atoms with Crippen LogP contribution in [0.15, 0.2) is 24.3 Å². The van der Waals surface area contributed by atoms with Gasteiger partial charge in [0.25, 0.3) is 0 Å². The van der Waals surface area contributed by atoms with E-state index in [1.165, 1.54) is 12.1 Å². The quantitative estimate of drug-likeness (QED) is 0.676. The van der Waals surface area contributed by atoms with Crippen LogP contribution in [0.5, 0.6) is 5.75 Å². The van der Waals surface area contributed by atoms with Crippen molar-refractivity contribution in [2.45, 2.75) is 12.5 Å². The molecule has 1 aliphatic heterocycles. The normalized spacial score (nSPS) is 19.9. The van der Waals surface area contributed by atoms with Gasteiger partial charge in [-0.1, -0.05) is 0 Å². The van der Waals surface area contributed by atoms with Crippen LogP contribution in [0.3, 0.4) is 0 Å². The fraction of sp³-hybridized carbons (Fsp3) is 0.417. The van der Waals surface area contributed by atoms with Gasteiger partial charge in [-0.15, -0.1) is 0 Å². The van der Waals surface area contributed by atoms with Crippen LogP contribution in [0.25, 0.3) is 0 Å². The molecular weight excluding hydrogens is 220 g/mol. The molecule has 3 N–H and O–H groups in total. The molecule has 1 unspecified atom stereocenters. The number of phenols is 1. The second-order valence-electron chi connectivity index (χ2n) is 4.03. The monoisotopic (exact) mass is 236 g/mol. The fourth-order valence-electron chi connectivity index (χ4n) is 1.73. The van der Waals surface area contributed by atoms with Crippen molar-refractivity contribution in [3.05, 3.63) is 24.3 Å². The van der Waals surface area contributed by atoms with Crippen molar-refractivity contribution < 1.29 is 14.6 Å².